The third-order valence-corrected chi connectivity index (χ3v) is 3.75. The van der Waals surface area contributed by atoms with Gasteiger partial charge in [-0.1, -0.05) is 18.2 Å². The fraction of sp³-hybridized carbons (Fsp3) is 0.467. The quantitative estimate of drug-likeness (QED) is 0.755. The van der Waals surface area contributed by atoms with Crippen LogP contribution < -0.4 is 5.32 Å². The number of fused-ring (bicyclic) bond motifs is 1. The van der Waals surface area contributed by atoms with Crippen molar-refractivity contribution in [3.63, 3.8) is 0 Å². The van der Waals surface area contributed by atoms with Crippen molar-refractivity contribution in [3.05, 3.63) is 41.0 Å². The van der Waals surface area contributed by atoms with Crippen molar-refractivity contribution in [1.82, 2.24) is 5.32 Å². The van der Waals surface area contributed by atoms with Gasteiger partial charge in [0.05, 0.1) is 0 Å². The zero-order valence-electron chi connectivity index (χ0n) is 9.76. The molecule has 16 heavy (non-hydrogen) atoms. The second kappa shape index (κ2) is 4.42. The first kappa shape index (κ1) is 10.1. The molecule has 0 unspecified atom stereocenters. The molecule has 2 aliphatic rings. The fourth-order valence-electron chi connectivity index (χ4n) is 2.78. The Morgan fingerprint density at radius 3 is 2.88 bits per heavy atom. The number of allylic oxidation sites excluding steroid dienone is 2. The first-order valence-electron chi connectivity index (χ1n) is 6.45. The van der Waals surface area contributed by atoms with Crippen LogP contribution in [0.1, 0.15) is 42.4 Å². The molecule has 1 N–H and O–H groups in total. The highest BCUT2D eigenvalue weighted by molar-refractivity contribution is 5.67. The fourth-order valence-corrected chi connectivity index (χ4v) is 2.78. The van der Waals surface area contributed by atoms with Crippen molar-refractivity contribution in [2.45, 2.75) is 38.6 Å². The predicted molar refractivity (Wildman–Crippen MR) is 68.3 cm³/mol. The van der Waals surface area contributed by atoms with E-state index < -0.39 is 0 Å². The van der Waals surface area contributed by atoms with Gasteiger partial charge in [-0.3, -0.25) is 0 Å². The molecule has 0 amide bonds. The van der Waals surface area contributed by atoms with Crippen molar-refractivity contribution < 1.29 is 0 Å². The van der Waals surface area contributed by atoms with Gasteiger partial charge in [-0.25, -0.2) is 0 Å². The van der Waals surface area contributed by atoms with Crippen molar-refractivity contribution in [2.24, 2.45) is 0 Å². The Hall–Kier alpha value is -1.08. The zero-order valence-corrected chi connectivity index (χ0v) is 9.76. The minimum atomic E-state index is 1.05. The maximum Gasteiger partial charge on any atom is 0.0208 e. The van der Waals surface area contributed by atoms with Gasteiger partial charge >= 0.3 is 0 Å². The summed E-state index contributed by atoms with van der Waals surface area (Å²) >= 11 is 0. The Kier molecular flexibility index (Phi) is 2.79. The van der Waals surface area contributed by atoms with E-state index in [0.717, 1.165) is 13.1 Å². The van der Waals surface area contributed by atoms with Crippen LogP contribution in [-0.4, -0.2) is 6.54 Å². The van der Waals surface area contributed by atoms with Crippen LogP contribution >= 0.6 is 0 Å². The summed E-state index contributed by atoms with van der Waals surface area (Å²) in [6.45, 7) is 2.19. The van der Waals surface area contributed by atoms with Crippen LogP contribution in [0.2, 0.25) is 0 Å². The van der Waals surface area contributed by atoms with Crippen LogP contribution in [0, 0.1) is 0 Å². The number of hydrogen-bond donors (Lipinski definition) is 1. The Morgan fingerprint density at radius 2 is 2.00 bits per heavy atom. The van der Waals surface area contributed by atoms with Crippen LogP contribution in [0.25, 0.3) is 5.57 Å². The Labute approximate surface area is 97.6 Å². The lowest BCUT2D eigenvalue weighted by molar-refractivity contribution is 0.643. The second-order valence-corrected chi connectivity index (χ2v) is 4.89. The minimum Gasteiger partial charge on any atom is -0.312 e. The van der Waals surface area contributed by atoms with E-state index in [-0.39, 0.29) is 0 Å². The third-order valence-electron chi connectivity index (χ3n) is 3.75. The van der Waals surface area contributed by atoms with E-state index in [4.69, 9.17) is 0 Å². The Balaban J connectivity index is 1.93. The molecule has 0 radical (unpaired) electrons. The lowest BCUT2D eigenvalue weighted by Crippen LogP contribution is -2.23. The molecule has 1 aliphatic carbocycles. The largest absolute Gasteiger partial charge is 0.312 e. The lowest BCUT2D eigenvalue weighted by atomic mass is 9.90. The van der Waals surface area contributed by atoms with Crippen molar-refractivity contribution >= 4 is 5.57 Å². The van der Waals surface area contributed by atoms with E-state index in [2.05, 4.69) is 29.6 Å². The molecule has 1 aromatic carbocycles. The zero-order chi connectivity index (χ0) is 10.8. The maximum absolute atomic E-state index is 3.45. The molecule has 1 aliphatic heterocycles. The van der Waals surface area contributed by atoms with Crippen LogP contribution in [-0.2, 0) is 13.0 Å². The SMILES string of the molecule is C1=C(c2ccc3c(c2)CNCC3)CCCC1. The highest BCUT2D eigenvalue weighted by Gasteiger charge is 2.11. The van der Waals surface area contributed by atoms with Gasteiger partial charge in [0.1, 0.15) is 0 Å². The third kappa shape index (κ3) is 1.92. The molecular formula is C15H19N. The smallest absolute Gasteiger partial charge is 0.0208 e. The molecule has 0 fully saturated rings. The molecule has 0 bridgehead atoms. The van der Waals surface area contributed by atoms with Gasteiger partial charge in [0, 0.05) is 6.54 Å². The standard InChI is InChI=1S/C15H19N/c1-2-4-12(5-3-1)14-7-6-13-8-9-16-11-15(13)10-14/h4,6-7,10,16H,1-3,5,8-9,11H2. The van der Waals surface area contributed by atoms with Crippen molar-refractivity contribution in [1.29, 1.82) is 0 Å². The van der Waals surface area contributed by atoms with Crippen LogP contribution in [0.15, 0.2) is 24.3 Å². The van der Waals surface area contributed by atoms with Crippen LogP contribution in [0.5, 0.6) is 0 Å². The van der Waals surface area contributed by atoms with E-state index in [1.807, 2.05) is 0 Å². The average Bonchev–Trinajstić information content (AvgIpc) is 2.39. The first-order valence-corrected chi connectivity index (χ1v) is 6.45. The van der Waals surface area contributed by atoms with Gasteiger partial charge in [0.15, 0.2) is 0 Å². The van der Waals surface area contributed by atoms with Gasteiger partial charge in [0.2, 0.25) is 0 Å². The molecule has 1 nitrogen and oxygen atoms in total. The van der Waals surface area contributed by atoms with E-state index in [0.29, 0.717) is 0 Å². The number of hydrogen-bond acceptors (Lipinski definition) is 1. The molecule has 0 saturated carbocycles. The second-order valence-electron chi connectivity index (χ2n) is 4.89. The summed E-state index contributed by atoms with van der Waals surface area (Å²) in [5, 5.41) is 3.45. The molecule has 1 aromatic rings. The lowest BCUT2D eigenvalue weighted by Gasteiger charge is -2.19. The van der Waals surface area contributed by atoms with Gasteiger partial charge in [-0.2, -0.15) is 0 Å². The normalized spacial score (nSPS) is 20.1. The number of benzene rings is 1. The summed E-state index contributed by atoms with van der Waals surface area (Å²) in [6, 6.07) is 7.06. The number of nitrogens with one attached hydrogen (secondary N) is 1. The topological polar surface area (TPSA) is 12.0 Å². The van der Waals surface area contributed by atoms with E-state index in [9.17, 15) is 0 Å². The minimum absolute atomic E-state index is 1.05. The van der Waals surface area contributed by atoms with Crippen LogP contribution in [0.4, 0.5) is 0 Å². The highest BCUT2D eigenvalue weighted by Crippen LogP contribution is 2.28. The first-order chi connectivity index (χ1) is 7.93. The van der Waals surface area contributed by atoms with Gasteiger partial charge < -0.3 is 5.32 Å². The van der Waals surface area contributed by atoms with E-state index >= 15 is 0 Å². The highest BCUT2D eigenvalue weighted by atomic mass is 14.9. The Bertz CT molecular complexity index is 417. The molecule has 0 aromatic heterocycles. The molecule has 1 heteroatoms. The maximum atomic E-state index is 3.45. The van der Waals surface area contributed by atoms with Gasteiger partial charge in [-0.05, 0) is 67.0 Å². The Morgan fingerprint density at radius 1 is 1.00 bits per heavy atom. The molecule has 0 saturated heterocycles. The van der Waals surface area contributed by atoms with Crippen molar-refractivity contribution in [2.75, 3.05) is 6.54 Å². The van der Waals surface area contributed by atoms with Gasteiger partial charge in [0.25, 0.3) is 0 Å². The average molecular weight is 213 g/mol. The summed E-state index contributed by atoms with van der Waals surface area (Å²) in [5.74, 6) is 0. The molecule has 0 spiro atoms. The summed E-state index contributed by atoms with van der Waals surface area (Å²) in [4.78, 5) is 0. The molecule has 0 atom stereocenters. The van der Waals surface area contributed by atoms with Crippen LogP contribution in [0.3, 0.4) is 0 Å². The summed E-state index contributed by atoms with van der Waals surface area (Å²) in [7, 11) is 0. The van der Waals surface area contributed by atoms with Crippen molar-refractivity contribution in [3.8, 4) is 0 Å². The summed E-state index contributed by atoms with van der Waals surface area (Å²) in [5.41, 5.74) is 6.08. The molecule has 84 valence electrons. The monoisotopic (exact) mass is 213 g/mol. The van der Waals surface area contributed by atoms with E-state index in [1.54, 1.807) is 11.1 Å². The molecule has 3 rings (SSSR count). The van der Waals surface area contributed by atoms with Gasteiger partial charge in [-0.15, -0.1) is 0 Å². The summed E-state index contributed by atoms with van der Waals surface area (Å²) in [6.07, 6.45) is 8.89. The van der Waals surface area contributed by atoms with E-state index in [1.165, 1.54) is 43.2 Å². The number of rotatable bonds is 1. The molecular weight excluding hydrogens is 194 g/mol. The summed E-state index contributed by atoms with van der Waals surface area (Å²) < 4.78 is 0. The molecule has 1 heterocycles. The predicted octanol–water partition coefficient (Wildman–Crippen LogP) is 3.29.